The summed E-state index contributed by atoms with van der Waals surface area (Å²) in [5, 5.41) is 6.88. The van der Waals surface area contributed by atoms with Gasteiger partial charge in [-0.3, -0.25) is 14.3 Å². The molecular weight excluding hydrogens is 266 g/mol. The molecule has 6 heteroatoms. The Hall–Kier alpha value is -2.14. The lowest BCUT2D eigenvalue weighted by Gasteiger charge is -2.06. The number of hydrogen-bond acceptors (Lipinski definition) is 3. The minimum atomic E-state index is -0.347. The first-order valence-electron chi connectivity index (χ1n) is 5.59. The van der Waals surface area contributed by atoms with E-state index in [1.165, 1.54) is 17.8 Å². The predicted molar refractivity (Wildman–Crippen MR) is 72.6 cm³/mol. The van der Waals surface area contributed by atoms with Gasteiger partial charge in [0.2, 0.25) is 0 Å². The maximum atomic E-state index is 12.0. The van der Waals surface area contributed by atoms with Gasteiger partial charge in [0.25, 0.3) is 5.91 Å². The molecule has 0 atom stereocenters. The molecule has 1 aromatic carbocycles. The third kappa shape index (κ3) is 2.82. The van der Waals surface area contributed by atoms with Crippen molar-refractivity contribution in [3.8, 4) is 0 Å². The highest BCUT2D eigenvalue weighted by atomic mass is 35.5. The average Bonchev–Trinajstić information content (AvgIpc) is 2.69. The zero-order chi connectivity index (χ0) is 14.0. The molecule has 98 valence electrons. The Balaban J connectivity index is 2.17. The van der Waals surface area contributed by atoms with Crippen molar-refractivity contribution in [2.45, 2.75) is 6.92 Å². The van der Waals surface area contributed by atoms with Crippen LogP contribution in [0.1, 0.15) is 27.8 Å². The van der Waals surface area contributed by atoms with Crippen LogP contribution in [0, 0.1) is 0 Å². The van der Waals surface area contributed by atoms with E-state index in [1.807, 2.05) is 0 Å². The number of anilines is 1. The van der Waals surface area contributed by atoms with Crippen molar-refractivity contribution in [1.29, 1.82) is 0 Å². The molecule has 2 rings (SSSR count). The standard InChI is InChI=1S/C13H12ClN3O2/c1-8(18)9-3-5-10(6-4-9)16-13(19)12-11(14)7-15-17(12)2/h3-7H,1-2H3,(H,16,19). The number of Topliss-reactive ketones (excluding diaryl/α,β-unsaturated/α-hetero) is 1. The molecule has 1 N–H and O–H groups in total. The number of rotatable bonds is 3. The molecule has 0 radical (unpaired) electrons. The van der Waals surface area contributed by atoms with Gasteiger partial charge in [-0.1, -0.05) is 11.6 Å². The molecule has 1 aromatic heterocycles. The van der Waals surface area contributed by atoms with Crippen LogP contribution in [0.4, 0.5) is 5.69 Å². The number of halogens is 1. The van der Waals surface area contributed by atoms with Crippen LogP contribution in [-0.4, -0.2) is 21.5 Å². The van der Waals surface area contributed by atoms with Gasteiger partial charge in [-0.05, 0) is 31.2 Å². The Morgan fingerprint density at radius 1 is 1.26 bits per heavy atom. The van der Waals surface area contributed by atoms with E-state index in [2.05, 4.69) is 10.4 Å². The lowest BCUT2D eigenvalue weighted by atomic mass is 10.1. The molecule has 0 saturated heterocycles. The molecule has 0 aliphatic heterocycles. The molecule has 0 unspecified atom stereocenters. The zero-order valence-electron chi connectivity index (χ0n) is 10.5. The summed E-state index contributed by atoms with van der Waals surface area (Å²) in [4.78, 5) is 23.2. The van der Waals surface area contributed by atoms with Crippen molar-refractivity contribution in [1.82, 2.24) is 9.78 Å². The highest BCUT2D eigenvalue weighted by Gasteiger charge is 2.15. The summed E-state index contributed by atoms with van der Waals surface area (Å²) in [6, 6.07) is 6.64. The smallest absolute Gasteiger partial charge is 0.275 e. The normalized spacial score (nSPS) is 10.3. The van der Waals surface area contributed by atoms with Gasteiger partial charge in [0.1, 0.15) is 5.69 Å². The van der Waals surface area contributed by atoms with E-state index in [0.717, 1.165) is 0 Å². The van der Waals surface area contributed by atoms with Crippen LogP contribution in [-0.2, 0) is 7.05 Å². The molecule has 2 aromatic rings. The van der Waals surface area contributed by atoms with Crippen LogP contribution < -0.4 is 5.32 Å². The zero-order valence-corrected chi connectivity index (χ0v) is 11.2. The van der Waals surface area contributed by atoms with Crippen LogP contribution in [0.25, 0.3) is 0 Å². The topological polar surface area (TPSA) is 64.0 Å². The van der Waals surface area contributed by atoms with E-state index in [-0.39, 0.29) is 17.4 Å². The summed E-state index contributed by atoms with van der Waals surface area (Å²) in [6.07, 6.45) is 1.41. The van der Waals surface area contributed by atoms with Gasteiger partial charge < -0.3 is 5.32 Å². The van der Waals surface area contributed by atoms with Gasteiger partial charge in [0, 0.05) is 18.3 Å². The molecular formula is C13H12ClN3O2. The van der Waals surface area contributed by atoms with Crippen molar-refractivity contribution in [3.05, 3.63) is 46.7 Å². The van der Waals surface area contributed by atoms with E-state index < -0.39 is 0 Å². The lowest BCUT2D eigenvalue weighted by Crippen LogP contribution is -2.16. The summed E-state index contributed by atoms with van der Waals surface area (Å²) in [5.74, 6) is -0.367. The number of ketones is 1. The fraction of sp³-hybridized carbons (Fsp3) is 0.154. The van der Waals surface area contributed by atoms with Gasteiger partial charge in [0.15, 0.2) is 5.78 Å². The maximum Gasteiger partial charge on any atom is 0.275 e. The number of nitrogens with zero attached hydrogens (tertiary/aromatic N) is 2. The van der Waals surface area contributed by atoms with E-state index in [1.54, 1.807) is 31.3 Å². The second kappa shape index (κ2) is 5.24. The molecule has 0 saturated carbocycles. The predicted octanol–water partition coefficient (Wildman–Crippen LogP) is 2.53. The fourth-order valence-electron chi connectivity index (χ4n) is 1.64. The van der Waals surface area contributed by atoms with Crippen molar-refractivity contribution < 1.29 is 9.59 Å². The number of carbonyl (C=O) groups is 2. The van der Waals surface area contributed by atoms with Gasteiger partial charge in [-0.2, -0.15) is 5.10 Å². The molecule has 0 fully saturated rings. The molecule has 1 amide bonds. The highest BCUT2D eigenvalue weighted by Crippen LogP contribution is 2.17. The Bertz CT molecular complexity index is 612. The van der Waals surface area contributed by atoms with E-state index >= 15 is 0 Å². The highest BCUT2D eigenvalue weighted by molar-refractivity contribution is 6.34. The van der Waals surface area contributed by atoms with Gasteiger partial charge in [-0.15, -0.1) is 0 Å². The first-order chi connectivity index (χ1) is 8.99. The lowest BCUT2D eigenvalue weighted by molar-refractivity contribution is 0.101. The molecule has 1 heterocycles. The van der Waals surface area contributed by atoms with Gasteiger partial charge in [0.05, 0.1) is 11.2 Å². The molecule has 5 nitrogen and oxygen atoms in total. The quantitative estimate of drug-likeness (QED) is 0.877. The minimum Gasteiger partial charge on any atom is -0.321 e. The van der Waals surface area contributed by atoms with Crippen molar-refractivity contribution >= 4 is 29.0 Å². The molecule has 0 bridgehead atoms. The third-order valence-electron chi connectivity index (χ3n) is 2.66. The Morgan fingerprint density at radius 3 is 2.37 bits per heavy atom. The maximum absolute atomic E-state index is 12.0. The number of amides is 1. The summed E-state index contributed by atoms with van der Waals surface area (Å²) < 4.78 is 1.40. The summed E-state index contributed by atoms with van der Waals surface area (Å²) in [5.41, 5.74) is 1.47. The summed E-state index contributed by atoms with van der Waals surface area (Å²) >= 11 is 5.88. The van der Waals surface area contributed by atoms with Gasteiger partial charge >= 0.3 is 0 Å². The molecule has 0 aliphatic carbocycles. The van der Waals surface area contributed by atoms with Crippen molar-refractivity contribution in [2.75, 3.05) is 5.32 Å². The fourth-order valence-corrected chi connectivity index (χ4v) is 1.90. The minimum absolute atomic E-state index is 0.0208. The SMILES string of the molecule is CC(=O)c1ccc(NC(=O)c2c(Cl)cnn2C)cc1. The Labute approximate surface area is 115 Å². The van der Waals surface area contributed by atoms with Crippen LogP contribution in [0.3, 0.4) is 0 Å². The number of aromatic nitrogens is 2. The second-order valence-corrected chi connectivity index (χ2v) is 4.46. The van der Waals surface area contributed by atoms with Gasteiger partial charge in [-0.25, -0.2) is 0 Å². The third-order valence-corrected chi connectivity index (χ3v) is 2.94. The number of hydrogen-bond donors (Lipinski definition) is 1. The number of nitrogens with one attached hydrogen (secondary N) is 1. The largest absolute Gasteiger partial charge is 0.321 e. The molecule has 0 spiro atoms. The average molecular weight is 278 g/mol. The molecule has 19 heavy (non-hydrogen) atoms. The van der Waals surface area contributed by atoms with Crippen molar-refractivity contribution in [3.63, 3.8) is 0 Å². The monoisotopic (exact) mass is 277 g/mol. The first-order valence-corrected chi connectivity index (χ1v) is 5.96. The Morgan fingerprint density at radius 2 is 1.89 bits per heavy atom. The van der Waals surface area contributed by atoms with Crippen LogP contribution in [0.5, 0.6) is 0 Å². The van der Waals surface area contributed by atoms with E-state index in [0.29, 0.717) is 16.3 Å². The number of aryl methyl sites for hydroxylation is 1. The molecule has 0 aliphatic rings. The first kappa shape index (κ1) is 13.3. The van der Waals surface area contributed by atoms with Crippen LogP contribution in [0.15, 0.2) is 30.5 Å². The summed E-state index contributed by atoms with van der Waals surface area (Å²) in [6.45, 7) is 1.49. The van der Waals surface area contributed by atoms with Crippen LogP contribution >= 0.6 is 11.6 Å². The van der Waals surface area contributed by atoms with E-state index in [4.69, 9.17) is 11.6 Å². The second-order valence-electron chi connectivity index (χ2n) is 4.05. The Kier molecular flexibility index (Phi) is 3.66. The number of carbonyl (C=O) groups excluding carboxylic acids is 2. The van der Waals surface area contributed by atoms with Crippen molar-refractivity contribution in [2.24, 2.45) is 7.05 Å². The number of benzene rings is 1. The summed E-state index contributed by atoms with van der Waals surface area (Å²) in [7, 11) is 1.64. The van der Waals surface area contributed by atoms with Crippen LogP contribution in [0.2, 0.25) is 5.02 Å². The van der Waals surface area contributed by atoms with E-state index in [9.17, 15) is 9.59 Å².